The van der Waals surface area contributed by atoms with Crippen molar-refractivity contribution < 1.29 is 9.31 Å². The lowest BCUT2D eigenvalue weighted by molar-refractivity contribution is -0.384. The Morgan fingerprint density at radius 3 is 2.67 bits per heavy atom. The van der Waals surface area contributed by atoms with Gasteiger partial charge in [-0.05, 0) is 30.2 Å². The first-order chi connectivity index (χ1) is 8.49. The summed E-state index contributed by atoms with van der Waals surface area (Å²) in [4.78, 5) is 10.2. The highest BCUT2D eigenvalue weighted by molar-refractivity contribution is 5.71. The highest BCUT2D eigenvalue weighted by atomic mass is 19.1. The highest BCUT2D eigenvalue weighted by Gasteiger charge is 2.11. The Bertz CT molecular complexity index is 626. The van der Waals surface area contributed by atoms with E-state index in [4.69, 9.17) is 5.73 Å². The number of aryl methyl sites for hydroxylation is 1. The molecule has 0 atom stereocenters. The second kappa shape index (κ2) is 4.44. The van der Waals surface area contributed by atoms with Crippen LogP contribution in [0.25, 0.3) is 11.1 Å². The maximum atomic E-state index is 13.8. The van der Waals surface area contributed by atoms with Crippen LogP contribution in [0.3, 0.4) is 0 Å². The molecule has 0 aliphatic rings. The van der Waals surface area contributed by atoms with Crippen LogP contribution < -0.4 is 5.73 Å². The van der Waals surface area contributed by atoms with Crippen molar-refractivity contribution in [3.05, 3.63) is 57.9 Å². The smallest absolute Gasteiger partial charge is 0.270 e. The summed E-state index contributed by atoms with van der Waals surface area (Å²) < 4.78 is 13.8. The number of non-ortho nitro benzene ring substituents is 1. The second-order valence-electron chi connectivity index (χ2n) is 4.00. The van der Waals surface area contributed by atoms with Gasteiger partial charge >= 0.3 is 0 Å². The van der Waals surface area contributed by atoms with Crippen molar-refractivity contribution in [3.63, 3.8) is 0 Å². The molecular formula is C13H11FN2O2. The maximum Gasteiger partial charge on any atom is 0.270 e. The third-order valence-electron chi connectivity index (χ3n) is 2.72. The fraction of sp³-hybridized carbons (Fsp3) is 0.0769. The predicted molar refractivity (Wildman–Crippen MR) is 67.6 cm³/mol. The minimum absolute atomic E-state index is 0.0777. The van der Waals surface area contributed by atoms with Crippen LogP contribution in [-0.2, 0) is 0 Å². The van der Waals surface area contributed by atoms with Crippen LogP contribution in [0.4, 0.5) is 15.8 Å². The molecule has 4 nitrogen and oxygen atoms in total. The Kier molecular flexibility index (Phi) is 2.97. The summed E-state index contributed by atoms with van der Waals surface area (Å²) in [7, 11) is 0. The predicted octanol–water partition coefficient (Wildman–Crippen LogP) is 3.29. The van der Waals surface area contributed by atoms with Gasteiger partial charge in [0, 0.05) is 23.4 Å². The lowest BCUT2D eigenvalue weighted by Gasteiger charge is -2.07. The second-order valence-corrected chi connectivity index (χ2v) is 4.00. The molecule has 0 bridgehead atoms. The number of hydrogen-bond donors (Lipinski definition) is 1. The van der Waals surface area contributed by atoms with Crippen molar-refractivity contribution in [2.45, 2.75) is 6.92 Å². The Hall–Kier alpha value is -2.43. The molecule has 0 aliphatic carbocycles. The zero-order chi connectivity index (χ0) is 13.3. The summed E-state index contributed by atoms with van der Waals surface area (Å²) >= 11 is 0. The maximum absolute atomic E-state index is 13.8. The van der Waals surface area contributed by atoms with E-state index >= 15 is 0 Å². The third-order valence-corrected chi connectivity index (χ3v) is 2.72. The van der Waals surface area contributed by atoms with E-state index in [-0.39, 0.29) is 11.3 Å². The summed E-state index contributed by atoms with van der Waals surface area (Å²) in [5.74, 6) is -0.442. The van der Waals surface area contributed by atoms with Gasteiger partial charge < -0.3 is 5.73 Å². The van der Waals surface area contributed by atoms with Gasteiger partial charge in [-0.2, -0.15) is 0 Å². The van der Waals surface area contributed by atoms with E-state index in [1.807, 2.05) is 0 Å². The average molecular weight is 246 g/mol. The van der Waals surface area contributed by atoms with E-state index in [1.165, 1.54) is 30.3 Å². The van der Waals surface area contributed by atoms with Crippen LogP contribution in [-0.4, -0.2) is 4.92 Å². The number of benzene rings is 2. The molecule has 0 spiro atoms. The van der Waals surface area contributed by atoms with Crippen LogP contribution in [0.15, 0.2) is 36.4 Å². The van der Waals surface area contributed by atoms with Gasteiger partial charge in [-0.25, -0.2) is 4.39 Å². The molecule has 2 N–H and O–H groups in total. The van der Waals surface area contributed by atoms with E-state index < -0.39 is 10.7 Å². The van der Waals surface area contributed by atoms with E-state index in [2.05, 4.69) is 0 Å². The molecule has 2 aromatic rings. The van der Waals surface area contributed by atoms with Crippen molar-refractivity contribution in [1.29, 1.82) is 0 Å². The van der Waals surface area contributed by atoms with E-state index in [9.17, 15) is 14.5 Å². The van der Waals surface area contributed by atoms with Gasteiger partial charge in [0.1, 0.15) is 5.82 Å². The minimum atomic E-state index is -0.515. The molecule has 18 heavy (non-hydrogen) atoms. The van der Waals surface area contributed by atoms with Crippen molar-refractivity contribution in [2.24, 2.45) is 0 Å². The molecule has 0 aliphatic heterocycles. The Balaban J connectivity index is 2.58. The molecule has 92 valence electrons. The van der Waals surface area contributed by atoms with Gasteiger partial charge in [0.2, 0.25) is 0 Å². The summed E-state index contributed by atoms with van der Waals surface area (Å²) in [6.45, 7) is 1.70. The summed E-state index contributed by atoms with van der Waals surface area (Å²) in [6, 6.07) is 8.63. The van der Waals surface area contributed by atoms with E-state index in [0.717, 1.165) is 0 Å². The molecule has 0 heterocycles. The first kappa shape index (κ1) is 12.0. The lowest BCUT2D eigenvalue weighted by atomic mass is 10.0. The number of nitrogens with two attached hydrogens (primary N) is 1. The first-order valence-corrected chi connectivity index (χ1v) is 5.29. The Labute approximate surface area is 103 Å². The molecule has 5 heteroatoms. The Morgan fingerprint density at radius 2 is 2.00 bits per heavy atom. The monoisotopic (exact) mass is 246 g/mol. The molecule has 0 radical (unpaired) electrons. The van der Waals surface area contributed by atoms with Gasteiger partial charge in [-0.3, -0.25) is 10.1 Å². The fourth-order valence-corrected chi connectivity index (χ4v) is 1.70. The van der Waals surface area contributed by atoms with Crippen LogP contribution in [0.5, 0.6) is 0 Å². The molecular weight excluding hydrogens is 235 g/mol. The van der Waals surface area contributed by atoms with Crippen molar-refractivity contribution >= 4 is 11.4 Å². The number of nitrogen functional groups attached to an aromatic ring is 1. The van der Waals surface area contributed by atoms with Crippen LogP contribution in [0, 0.1) is 22.9 Å². The van der Waals surface area contributed by atoms with Gasteiger partial charge in [0.05, 0.1) is 4.92 Å². The molecule has 0 fully saturated rings. The van der Waals surface area contributed by atoms with Gasteiger partial charge in [0.15, 0.2) is 0 Å². The molecule has 0 unspecified atom stereocenters. The Morgan fingerprint density at radius 1 is 1.28 bits per heavy atom. The number of anilines is 1. The number of hydrogen-bond acceptors (Lipinski definition) is 3. The first-order valence-electron chi connectivity index (χ1n) is 5.29. The molecule has 2 aromatic carbocycles. The quantitative estimate of drug-likeness (QED) is 0.502. The number of nitrogens with zero attached hydrogens (tertiary/aromatic N) is 1. The topological polar surface area (TPSA) is 69.2 Å². The van der Waals surface area contributed by atoms with Crippen molar-refractivity contribution in [1.82, 2.24) is 0 Å². The van der Waals surface area contributed by atoms with E-state index in [0.29, 0.717) is 16.8 Å². The van der Waals surface area contributed by atoms with Crippen LogP contribution in [0.2, 0.25) is 0 Å². The molecule has 2 rings (SSSR count). The van der Waals surface area contributed by atoms with Gasteiger partial charge in [-0.15, -0.1) is 0 Å². The highest BCUT2D eigenvalue weighted by Crippen LogP contribution is 2.29. The fourth-order valence-electron chi connectivity index (χ4n) is 1.70. The number of halogens is 1. The standard InChI is InChI=1S/C13H11FN2O2/c1-8-5-12(14)11(7-13(8)15)9-3-2-4-10(6-9)16(17)18/h2-7H,15H2,1H3. The van der Waals surface area contributed by atoms with Gasteiger partial charge in [-0.1, -0.05) is 12.1 Å². The summed E-state index contributed by atoms with van der Waals surface area (Å²) in [5, 5.41) is 10.7. The molecule has 0 aromatic heterocycles. The average Bonchev–Trinajstić information content (AvgIpc) is 2.34. The number of nitro benzene ring substituents is 1. The lowest BCUT2D eigenvalue weighted by Crippen LogP contribution is -1.94. The molecule has 0 saturated heterocycles. The zero-order valence-electron chi connectivity index (χ0n) is 9.68. The van der Waals surface area contributed by atoms with Crippen molar-refractivity contribution in [2.75, 3.05) is 5.73 Å². The summed E-state index contributed by atoms with van der Waals surface area (Å²) in [6.07, 6.45) is 0. The number of nitro groups is 1. The van der Waals surface area contributed by atoms with Crippen LogP contribution in [0.1, 0.15) is 5.56 Å². The number of rotatable bonds is 2. The zero-order valence-corrected chi connectivity index (χ0v) is 9.68. The largest absolute Gasteiger partial charge is 0.398 e. The van der Waals surface area contributed by atoms with Crippen molar-refractivity contribution in [3.8, 4) is 11.1 Å². The van der Waals surface area contributed by atoms with Crippen LogP contribution >= 0.6 is 0 Å². The summed E-state index contributed by atoms with van der Waals surface area (Å²) in [5.41, 5.74) is 7.45. The molecule has 0 saturated carbocycles. The van der Waals surface area contributed by atoms with Gasteiger partial charge in [0.25, 0.3) is 5.69 Å². The molecule has 0 amide bonds. The third kappa shape index (κ3) is 2.15. The normalized spacial score (nSPS) is 10.3. The minimum Gasteiger partial charge on any atom is -0.398 e. The SMILES string of the molecule is Cc1cc(F)c(-c2cccc([N+](=O)[O-])c2)cc1N. The van der Waals surface area contributed by atoms with E-state index in [1.54, 1.807) is 13.0 Å².